The standard InChI is InChI=1S/C14H13ClFNS/c1-9-2-5-13(17)14(6-9)18-8-10-7-11(16)3-4-12(10)15/h2-7H,8,17H2,1H3. The van der Waals surface area contributed by atoms with Crippen molar-refractivity contribution in [2.75, 3.05) is 5.73 Å². The number of nitrogens with two attached hydrogens (primary N) is 1. The molecule has 0 aliphatic rings. The maximum absolute atomic E-state index is 13.1. The number of hydrogen-bond acceptors (Lipinski definition) is 2. The van der Waals surface area contributed by atoms with E-state index in [-0.39, 0.29) is 5.82 Å². The highest BCUT2D eigenvalue weighted by Crippen LogP contribution is 2.31. The summed E-state index contributed by atoms with van der Waals surface area (Å²) < 4.78 is 13.1. The number of anilines is 1. The van der Waals surface area contributed by atoms with Crippen LogP contribution in [0.5, 0.6) is 0 Å². The van der Waals surface area contributed by atoms with Gasteiger partial charge in [0.05, 0.1) is 0 Å². The maximum atomic E-state index is 13.1. The van der Waals surface area contributed by atoms with Crippen molar-refractivity contribution in [3.8, 4) is 0 Å². The number of hydrogen-bond donors (Lipinski definition) is 1. The first-order valence-electron chi connectivity index (χ1n) is 5.49. The summed E-state index contributed by atoms with van der Waals surface area (Å²) >= 11 is 7.58. The average Bonchev–Trinajstić information content (AvgIpc) is 2.34. The van der Waals surface area contributed by atoms with Gasteiger partial charge in [-0.3, -0.25) is 0 Å². The van der Waals surface area contributed by atoms with E-state index in [1.54, 1.807) is 17.8 Å². The van der Waals surface area contributed by atoms with E-state index in [0.717, 1.165) is 21.7 Å². The molecule has 0 heterocycles. The van der Waals surface area contributed by atoms with Crippen molar-refractivity contribution < 1.29 is 4.39 Å². The van der Waals surface area contributed by atoms with Crippen LogP contribution in [0.1, 0.15) is 11.1 Å². The molecule has 18 heavy (non-hydrogen) atoms. The number of rotatable bonds is 3. The van der Waals surface area contributed by atoms with Crippen LogP contribution >= 0.6 is 23.4 Å². The summed E-state index contributed by atoms with van der Waals surface area (Å²) in [6, 6.07) is 10.3. The molecule has 0 unspecified atom stereocenters. The normalized spacial score (nSPS) is 10.6. The number of benzene rings is 2. The molecule has 0 amide bonds. The van der Waals surface area contributed by atoms with Crippen LogP contribution in [0.15, 0.2) is 41.3 Å². The predicted molar refractivity (Wildman–Crippen MR) is 76.6 cm³/mol. The third kappa shape index (κ3) is 3.18. The Morgan fingerprint density at radius 2 is 2.00 bits per heavy atom. The van der Waals surface area contributed by atoms with Crippen LogP contribution in [0.25, 0.3) is 0 Å². The summed E-state index contributed by atoms with van der Waals surface area (Å²) in [5.74, 6) is 0.330. The summed E-state index contributed by atoms with van der Waals surface area (Å²) in [5, 5.41) is 0.579. The molecule has 0 aliphatic heterocycles. The molecule has 0 saturated heterocycles. The Balaban J connectivity index is 2.16. The van der Waals surface area contributed by atoms with Crippen molar-refractivity contribution in [2.45, 2.75) is 17.6 Å². The molecular weight excluding hydrogens is 269 g/mol. The molecule has 0 spiro atoms. The van der Waals surface area contributed by atoms with Crippen molar-refractivity contribution in [2.24, 2.45) is 0 Å². The molecule has 2 aromatic carbocycles. The zero-order chi connectivity index (χ0) is 13.1. The Morgan fingerprint density at radius 1 is 1.22 bits per heavy atom. The van der Waals surface area contributed by atoms with Crippen LogP contribution in [0.2, 0.25) is 5.02 Å². The molecule has 0 atom stereocenters. The quantitative estimate of drug-likeness (QED) is 0.654. The molecule has 2 N–H and O–H groups in total. The molecule has 94 valence electrons. The van der Waals surface area contributed by atoms with Gasteiger partial charge in [-0.2, -0.15) is 0 Å². The van der Waals surface area contributed by atoms with Gasteiger partial charge in [-0.05, 0) is 48.4 Å². The van der Waals surface area contributed by atoms with Gasteiger partial charge in [0.15, 0.2) is 0 Å². The van der Waals surface area contributed by atoms with Crippen LogP contribution in [0.4, 0.5) is 10.1 Å². The highest BCUT2D eigenvalue weighted by molar-refractivity contribution is 7.98. The van der Waals surface area contributed by atoms with Crippen molar-refractivity contribution in [1.29, 1.82) is 0 Å². The SMILES string of the molecule is Cc1ccc(N)c(SCc2cc(F)ccc2Cl)c1. The molecule has 0 aromatic heterocycles. The second-order valence-corrected chi connectivity index (χ2v) is 5.49. The zero-order valence-corrected chi connectivity index (χ0v) is 11.5. The van der Waals surface area contributed by atoms with E-state index in [4.69, 9.17) is 17.3 Å². The van der Waals surface area contributed by atoms with Crippen LogP contribution in [0.3, 0.4) is 0 Å². The first-order valence-corrected chi connectivity index (χ1v) is 6.85. The maximum Gasteiger partial charge on any atom is 0.123 e. The molecule has 0 aliphatic carbocycles. The summed E-state index contributed by atoms with van der Waals surface area (Å²) in [6.45, 7) is 2.01. The van der Waals surface area contributed by atoms with Gasteiger partial charge in [-0.15, -0.1) is 11.8 Å². The van der Waals surface area contributed by atoms with E-state index in [0.29, 0.717) is 10.8 Å². The highest BCUT2D eigenvalue weighted by atomic mass is 35.5. The second kappa shape index (κ2) is 5.63. The summed E-state index contributed by atoms with van der Waals surface area (Å²) in [4.78, 5) is 0.996. The van der Waals surface area contributed by atoms with Gasteiger partial charge < -0.3 is 5.73 Å². The minimum Gasteiger partial charge on any atom is -0.398 e. The lowest BCUT2D eigenvalue weighted by Gasteiger charge is -2.08. The van der Waals surface area contributed by atoms with Crippen LogP contribution in [0, 0.1) is 12.7 Å². The monoisotopic (exact) mass is 281 g/mol. The van der Waals surface area contributed by atoms with Gasteiger partial charge in [0.2, 0.25) is 0 Å². The minimum atomic E-state index is -0.271. The van der Waals surface area contributed by atoms with E-state index in [2.05, 4.69) is 0 Å². The fourth-order valence-corrected chi connectivity index (χ4v) is 2.89. The summed E-state index contributed by atoms with van der Waals surface area (Å²) in [7, 11) is 0. The fraction of sp³-hybridized carbons (Fsp3) is 0.143. The Bertz CT molecular complexity index is 520. The van der Waals surface area contributed by atoms with Gasteiger partial charge >= 0.3 is 0 Å². The van der Waals surface area contributed by atoms with E-state index < -0.39 is 0 Å². The molecule has 4 heteroatoms. The van der Waals surface area contributed by atoms with Gasteiger partial charge in [-0.25, -0.2) is 4.39 Å². The Kier molecular flexibility index (Phi) is 4.15. The number of thioether (sulfide) groups is 1. The fourth-order valence-electron chi connectivity index (χ4n) is 1.58. The molecule has 0 fully saturated rings. The minimum absolute atomic E-state index is 0.271. The van der Waals surface area contributed by atoms with Gasteiger partial charge in [0.25, 0.3) is 0 Å². The van der Waals surface area contributed by atoms with Crippen molar-refractivity contribution in [3.05, 3.63) is 58.4 Å². The molecule has 0 saturated carbocycles. The van der Waals surface area contributed by atoms with Gasteiger partial charge in [0.1, 0.15) is 5.82 Å². The zero-order valence-electron chi connectivity index (χ0n) is 9.91. The first kappa shape index (κ1) is 13.2. The molecular formula is C14H13ClFNS. The topological polar surface area (TPSA) is 26.0 Å². The largest absolute Gasteiger partial charge is 0.398 e. The van der Waals surface area contributed by atoms with Crippen LogP contribution in [-0.4, -0.2) is 0 Å². The lowest BCUT2D eigenvalue weighted by Crippen LogP contribution is -1.91. The second-order valence-electron chi connectivity index (χ2n) is 4.07. The highest BCUT2D eigenvalue weighted by Gasteiger charge is 2.05. The molecule has 2 rings (SSSR count). The Labute approximate surface area is 115 Å². The smallest absolute Gasteiger partial charge is 0.123 e. The van der Waals surface area contributed by atoms with Crippen LogP contribution < -0.4 is 5.73 Å². The lowest BCUT2D eigenvalue weighted by atomic mass is 10.2. The third-order valence-corrected chi connectivity index (χ3v) is 4.05. The molecule has 0 radical (unpaired) electrons. The van der Waals surface area contributed by atoms with Gasteiger partial charge in [0, 0.05) is 21.4 Å². The Hall–Kier alpha value is -1.19. The average molecular weight is 282 g/mol. The van der Waals surface area contributed by atoms with E-state index >= 15 is 0 Å². The van der Waals surface area contributed by atoms with E-state index in [1.165, 1.54) is 12.1 Å². The van der Waals surface area contributed by atoms with E-state index in [1.807, 2.05) is 25.1 Å². The van der Waals surface area contributed by atoms with Gasteiger partial charge in [-0.1, -0.05) is 17.7 Å². The third-order valence-electron chi connectivity index (χ3n) is 2.56. The summed E-state index contributed by atoms with van der Waals surface area (Å²) in [6.07, 6.45) is 0. The number of halogens is 2. The van der Waals surface area contributed by atoms with Crippen LogP contribution in [-0.2, 0) is 5.75 Å². The molecule has 1 nitrogen and oxygen atoms in total. The van der Waals surface area contributed by atoms with E-state index in [9.17, 15) is 4.39 Å². The predicted octanol–water partition coefficient (Wildman–Crippen LogP) is 4.66. The van der Waals surface area contributed by atoms with Crippen molar-refractivity contribution in [3.63, 3.8) is 0 Å². The summed E-state index contributed by atoms with van der Waals surface area (Å²) in [5.41, 5.74) is 8.56. The Morgan fingerprint density at radius 3 is 2.78 bits per heavy atom. The van der Waals surface area contributed by atoms with Crippen molar-refractivity contribution in [1.82, 2.24) is 0 Å². The molecule has 2 aromatic rings. The number of nitrogen functional groups attached to an aromatic ring is 1. The first-order chi connectivity index (χ1) is 8.56. The van der Waals surface area contributed by atoms with Crippen molar-refractivity contribution >= 4 is 29.1 Å². The number of aryl methyl sites for hydroxylation is 1. The molecule has 0 bridgehead atoms. The lowest BCUT2D eigenvalue weighted by molar-refractivity contribution is 0.626.